The van der Waals surface area contributed by atoms with Crippen molar-refractivity contribution in [2.75, 3.05) is 12.1 Å². The Bertz CT molecular complexity index is 1200. The molecule has 0 aliphatic carbocycles. The van der Waals surface area contributed by atoms with Crippen molar-refractivity contribution in [3.8, 4) is 5.75 Å². The van der Waals surface area contributed by atoms with E-state index in [1.54, 1.807) is 42.5 Å². The molecule has 152 valence electrons. The van der Waals surface area contributed by atoms with Crippen LogP contribution in [0.2, 0.25) is 0 Å². The smallest absolute Gasteiger partial charge is 0.354 e. The molecule has 0 fully saturated rings. The molecule has 0 unspecified atom stereocenters. The maximum atomic E-state index is 12.6. The largest absolute Gasteiger partial charge is 0.497 e. The Kier molecular flexibility index (Phi) is 5.30. The fourth-order valence-corrected chi connectivity index (χ4v) is 3.15. The summed E-state index contributed by atoms with van der Waals surface area (Å²) in [6.07, 6.45) is 0.344. The number of hydrogen-bond donors (Lipinski definition) is 0. The molecule has 8 nitrogen and oxygen atoms in total. The average Bonchev–Trinajstić information content (AvgIpc) is 2.77. The van der Waals surface area contributed by atoms with Crippen LogP contribution in [0.3, 0.4) is 0 Å². The maximum absolute atomic E-state index is 12.6. The normalized spacial score (nSPS) is 13.8. The second-order valence-corrected chi connectivity index (χ2v) is 6.62. The molecule has 0 N–H and O–H groups in total. The van der Waals surface area contributed by atoms with Crippen molar-refractivity contribution in [1.82, 2.24) is 0 Å². The van der Waals surface area contributed by atoms with Gasteiger partial charge in [0.25, 0.3) is 0 Å². The van der Waals surface area contributed by atoms with Gasteiger partial charge in [-0.3, -0.25) is 4.79 Å². The van der Waals surface area contributed by atoms with Gasteiger partial charge in [0.05, 0.1) is 12.8 Å². The number of hydrogen-bond acceptors (Lipinski definition) is 7. The van der Waals surface area contributed by atoms with Crippen LogP contribution in [0.4, 0.5) is 5.69 Å². The standard InChI is InChI=1S/C22H18N2O6/c1-28-16-7-8-17-14(11-21(26)30-19(17)12-16)13-29-22(27)18-9-10-20(25)24(23-18)15-5-3-2-4-6-15/h2-8,11-12H,9-10,13H2,1H3. The molecule has 1 amide bonds. The van der Waals surface area contributed by atoms with Crippen molar-refractivity contribution in [3.05, 3.63) is 70.6 Å². The second-order valence-electron chi connectivity index (χ2n) is 6.62. The number of methoxy groups -OCH3 is 1. The third-order valence-corrected chi connectivity index (χ3v) is 4.67. The predicted molar refractivity (Wildman–Crippen MR) is 109 cm³/mol. The summed E-state index contributed by atoms with van der Waals surface area (Å²) in [5.74, 6) is -0.293. The van der Waals surface area contributed by atoms with Gasteiger partial charge in [0.1, 0.15) is 23.7 Å². The molecular weight excluding hydrogens is 388 g/mol. The van der Waals surface area contributed by atoms with Gasteiger partial charge >= 0.3 is 11.6 Å². The molecule has 8 heteroatoms. The summed E-state index contributed by atoms with van der Waals surface area (Å²) in [6.45, 7) is -0.133. The minimum atomic E-state index is -0.640. The van der Waals surface area contributed by atoms with Crippen molar-refractivity contribution < 1.29 is 23.5 Å². The van der Waals surface area contributed by atoms with Crippen LogP contribution in [0.1, 0.15) is 18.4 Å². The van der Waals surface area contributed by atoms with Crippen molar-refractivity contribution in [3.63, 3.8) is 0 Å². The number of anilines is 1. The Hall–Kier alpha value is -3.94. The zero-order chi connectivity index (χ0) is 21.1. The summed E-state index contributed by atoms with van der Waals surface area (Å²) in [7, 11) is 1.51. The molecule has 4 rings (SSSR count). The summed E-state index contributed by atoms with van der Waals surface area (Å²) in [6, 6.07) is 15.2. The summed E-state index contributed by atoms with van der Waals surface area (Å²) in [5.41, 5.74) is 1.01. The molecule has 2 heterocycles. The molecular formula is C22H18N2O6. The molecule has 0 spiro atoms. The summed E-state index contributed by atoms with van der Waals surface area (Å²) in [5, 5.41) is 6.02. The molecule has 0 atom stereocenters. The lowest BCUT2D eigenvalue weighted by Gasteiger charge is -2.22. The minimum Gasteiger partial charge on any atom is -0.497 e. The molecule has 1 aliphatic heterocycles. The topological polar surface area (TPSA) is 98.4 Å². The highest BCUT2D eigenvalue weighted by molar-refractivity contribution is 6.38. The zero-order valence-corrected chi connectivity index (χ0v) is 16.2. The van der Waals surface area contributed by atoms with E-state index in [2.05, 4.69) is 5.10 Å². The van der Waals surface area contributed by atoms with Gasteiger partial charge in [-0.15, -0.1) is 0 Å². The number of ether oxygens (including phenoxy) is 2. The van der Waals surface area contributed by atoms with Crippen molar-refractivity contribution in [2.24, 2.45) is 5.10 Å². The van der Waals surface area contributed by atoms with Gasteiger partial charge in [-0.1, -0.05) is 18.2 Å². The Labute approximate surface area is 171 Å². The Morgan fingerprint density at radius 2 is 1.90 bits per heavy atom. The van der Waals surface area contributed by atoms with E-state index in [1.165, 1.54) is 18.2 Å². The fourth-order valence-electron chi connectivity index (χ4n) is 3.15. The highest BCUT2D eigenvalue weighted by Crippen LogP contribution is 2.24. The van der Waals surface area contributed by atoms with Gasteiger partial charge in [-0.05, 0) is 24.3 Å². The minimum absolute atomic E-state index is 0.133. The summed E-state index contributed by atoms with van der Waals surface area (Å²) in [4.78, 5) is 36.6. The number of carbonyl (C=O) groups is 2. The van der Waals surface area contributed by atoms with Crippen LogP contribution in [0.25, 0.3) is 11.0 Å². The number of amides is 1. The number of para-hydroxylation sites is 1. The second kappa shape index (κ2) is 8.20. The van der Waals surface area contributed by atoms with E-state index in [0.29, 0.717) is 28.0 Å². The van der Waals surface area contributed by atoms with E-state index >= 15 is 0 Å². The highest BCUT2D eigenvalue weighted by Gasteiger charge is 2.26. The third-order valence-electron chi connectivity index (χ3n) is 4.67. The number of esters is 1. The number of benzene rings is 2. The van der Waals surface area contributed by atoms with Crippen LogP contribution < -0.4 is 15.4 Å². The first-order valence-electron chi connectivity index (χ1n) is 9.28. The number of hydrazone groups is 1. The van der Waals surface area contributed by atoms with Gasteiger partial charge in [0, 0.05) is 35.9 Å². The zero-order valence-electron chi connectivity index (χ0n) is 16.2. The van der Waals surface area contributed by atoms with Crippen LogP contribution in [0, 0.1) is 0 Å². The van der Waals surface area contributed by atoms with Gasteiger partial charge in [-0.25, -0.2) is 14.6 Å². The van der Waals surface area contributed by atoms with E-state index < -0.39 is 11.6 Å². The molecule has 0 saturated carbocycles. The quantitative estimate of drug-likeness (QED) is 0.477. The Morgan fingerprint density at radius 3 is 2.67 bits per heavy atom. The van der Waals surface area contributed by atoms with Crippen molar-refractivity contribution in [2.45, 2.75) is 19.4 Å². The van der Waals surface area contributed by atoms with Crippen LogP contribution in [0.5, 0.6) is 5.75 Å². The van der Waals surface area contributed by atoms with Gasteiger partial charge in [-0.2, -0.15) is 5.10 Å². The van der Waals surface area contributed by atoms with E-state index in [1.807, 2.05) is 6.07 Å². The SMILES string of the molecule is COc1ccc2c(COC(=O)C3=NN(c4ccccc4)C(=O)CC3)cc(=O)oc2c1. The highest BCUT2D eigenvalue weighted by atomic mass is 16.5. The predicted octanol–water partition coefficient (Wildman–Crippen LogP) is 3.03. The van der Waals surface area contributed by atoms with Crippen LogP contribution in [0.15, 0.2) is 68.9 Å². The van der Waals surface area contributed by atoms with Crippen molar-refractivity contribution >= 4 is 34.2 Å². The fraction of sp³-hybridized carbons (Fsp3) is 0.182. The molecule has 1 aromatic heterocycles. The maximum Gasteiger partial charge on any atom is 0.354 e. The summed E-state index contributed by atoms with van der Waals surface area (Å²) < 4.78 is 15.7. The van der Waals surface area contributed by atoms with Crippen molar-refractivity contribution in [1.29, 1.82) is 0 Å². The van der Waals surface area contributed by atoms with E-state index in [4.69, 9.17) is 13.9 Å². The lowest BCUT2D eigenvalue weighted by Crippen LogP contribution is -2.34. The summed E-state index contributed by atoms with van der Waals surface area (Å²) >= 11 is 0. The van der Waals surface area contributed by atoms with E-state index in [-0.39, 0.29) is 31.1 Å². The molecule has 1 aliphatic rings. The number of fused-ring (bicyclic) bond motifs is 1. The van der Waals surface area contributed by atoms with Gasteiger partial charge in [0.15, 0.2) is 0 Å². The molecule has 3 aromatic rings. The monoisotopic (exact) mass is 406 g/mol. The van der Waals surface area contributed by atoms with Crippen LogP contribution >= 0.6 is 0 Å². The van der Waals surface area contributed by atoms with Crippen LogP contribution in [-0.4, -0.2) is 24.7 Å². The molecule has 0 radical (unpaired) electrons. The first-order chi connectivity index (χ1) is 14.5. The first kappa shape index (κ1) is 19.4. The lowest BCUT2D eigenvalue weighted by molar-refractivity contribution is -0.137. The molecule has 0 bridgehead atoms. The lowest BCUT2D eigenvalue weighted by atomic mass is 10.1. The van der Waals surface area contributed by atoms with E-state index in [0.717, 1.165) is 0 Å². The Balaban J connectivity index is 1.55. The molecule has 0 saturated heterocycles. The molecule has 2 aromatic carbocycles. The number of nitrogens with zero attached hydrogens (tertiary/aromatic N) is 2. The number of carbonyl (C=O) groups excluding carboxylic acids is 2. The first-order valence-corrected chi connectivity index (χ1v) is 9.28. The third kappa shape index (κ3) is 3.93. The van der Waals surface area contributed by atoms with Gasteiger partial charge < -0.3 is 13.9 Å². The van der Waals surface area contributed by atoms with Gasteiger partial charge in [0.2, 0.25) is 5.91 Å². The van der Waals surface area contributed by atoms with Crippen LogP contribution in [-0.2, 0) is 20.9 Å². The molecule has 30 heavy (non-hydrogen) atoms. The van der Waals surface area contributed by atoms with E-state index in [9.17, 15) is 14.4 Å². The Morgan fingerprint density at radius 1 is 1.10 bits per heavy atom. The number of rotatable bonds is 5. The average molecular weight is 406 g/mol.